The third-order valence-corrected chi connectivity index (χ3v) is 6.92. The maximum absolute atomic E-state index is 12.8. The van der Waals surface area contributed by atoms with Crippen LogP contribution < -0.4 is 20.3 Å². The van der Waals surface area contributed by atoms with Gasteiger partial charge < -0.3 is 9.47 Å². The Bertz CT molecular complexity index is 1170. The average molecular weight is 548 g/mol. The van der Waals surface area contributed by atoms with Gasteiger partial charge in [-0.05, 0) is 60.9 Å². The fraction of sp³-hybridized carbons (Fsp3) is 0.280. The van der Waals surface area contributed by atoms with Crippen LogP contribution in [0.5, 0.6) is 11.5 Å². The van der Waals surface area contributed by atoms with Gasteiger partial charge in [0.1, 0.15) is 4.32 Å². The fourth-order valence-electron chi connectivity index (χ4n) is 3.38. The van der Waals surface area contributed by atoms with E-state index in [0.29, 0.717) is 50.7 Å². The van der Waals surface area contributed by atoms with Crippen LogP contribution in [0.1, 0.15) is 41.6 Å². The predicted octanol–water partition coefficient (Wildman–Crippen LogP) is 4.58. The van der Waals surface area contributed by atoms with E-state index in [2.05, 4.69) is 10.9 Å². The van der Waals surface area contributed by atoms with Crippen molar-refractivity contribution in [1.29, 1.82) is 0 Å². The molecule has 0 aromatic heterocycles. The lowest BCUT2D eigenvalue weighted by Gasteiger charge is -2.14. The first kappa shape index (κ1) is 27.5. The Balaban J connectivity index is 1.40. The topological polar surface area (TPSA) is 97.0 Å². The van der Waals surface area contributed by atoms with Gasteiger partial charge >= 0.3 is 0 Å². The van der Waals surface area contributed by atoms with Gasteiger partial charge in [-0.1, -0.05) is 48.1 Å². The highest BCUT2D eigenvalue weighted by atomic mass is 35.5. The molecule has 36 heavy (non-hydrogen) atoms. The van der Waals surface area contributed by atoms with Crippen molar-refractivity contribution in [3.8, 4) is 11.5 Å². The Labute approximate surface area is 224 Å². The minimum absolute atomic E-state index is 0.137. The van der Waals surface area contributed by atoms with Crippen molar-refractivity contribution in [3.05, 3.63) is 63.5 Å². The fourth-order valence-corrected chi connectivity index (χ4v) is 4.82. The number of thiocarbonyl (C=S) groups is 1. The summed E-state index contributed by atoms with van der Waals surface area (Å²) < 4.78 is 11.1. The number of benzene rings is 2. The van der Waals surface area contributed by atoms with Crippen molar-refractivity contribution in [3.63, 3.8) is 0 Å². The molecule has 8 nitrogen and oxygen atoms in total. The van der Waals surface area contributed by atoms with Crippen molar-refractivity contribution in [2.75, 3.05) is 20.8 Å². The Kier molecular flexibility index (Phi) is 10.2. The molecule has 190 valence electrons. The lowest BCUT2D eigenvalue weighted by atomic mass is 10.1. The molecule has 0 spiro atoms. The van der Waals surface area contributed by atoms with Crippen LogP contribution in [0, 0.1) is 0 Å². The minimum atomic E-state index is -0.421. The van der Waals surface area contributed by atoms with Crippen molar-refractivity contribution in [2.45, 2.75) is 25.7 Å². The van der Waals surface area contributed by atoms with Crippen LogP contribution in [-0.2, 0) is 9.59 Å². The second-order valence-corrected chi connectivity index (χ2v) is 9.88. The molecule has 0 atom stereocenters. The molecule has 11 heteroatoms. The molecule has 0 unspecified atom stereocenters. The quantitative estimate of drug-likeness (QED) is 0.194. The largest absolute Gasteiger partial charge is 0.493 e. The van der Waals surface area contributed by atoms with Crippen LogP contribution in [0.2, 0.25) is 5.02 Å². The van der Waals surface area contributed by atoms with Gasteiger partial charge in [0.2, 0.25) is 5.91 Å². The van der Waals surface area contributed by atoms with Crippen LogP contribution in [-0.4, -0.2) is 47.7 Å². The second-order valence-electron chi connectivity index (χ2n) is 7.77. The first-order valence-corrected chi connectivity index (χ1v) is 12.7. The number of carbonyl (C=O) groups is 3. The van der Waals surface area contributed by atoms with Gasteiger partial charge in [-0.15, -0.1) is 0 Å². The number of halogens is 1. The van der Waals surface area contributed by atoms with Crippen LogP contribution in [0.15, 0.2) is 47.4 Å². The number of hydrogen-bond acceptors (Lipinski definition) is 7. The molecule has 1 aliphatic heterocycles. The van der Waals surface area contributed by atoms with Gasteiger partial charge in [0.25, 0.3) is 11.8 Å². The monoisotopic (exact) mass is 547 g/mol. The maximum Gasteiger partial charge on any atom is 0.269 e. The predicted molar refractivity (Wildman–Crippen MR) is 145 cm³/mol. The van der Waals surface area contributed by atoms with E-state index in [1.54, 1.807) is 61.6 Å². The summed E-state index contributed by atoms with van der Waals surface area (Å²) in [5.41, 5.74) is 5.98. The third kappa shape index (κ3) is 7.46. The molecule has 1 heterocycles. The third-order valence-electron chi connectivity index (χ3n) is 5.29. The van der Waals surface area contributed by atoms with E-state index in [1.807, 2.05) is 6.07 Å². The summed E-state index contributed by atoms with van der Waals surface area (Å²) in [6.07, 6.45) is 4.06. The zero-order valence-corrected chi connectivity index (χ0v) is 22.2. The summed E-state index contributed by atoms with van der Waals surface area (Å²) in [4.78, 5) is 39.0. The summed E-state index contributed by atoms with van der Waals surface area (Å²) in [7, 11) is 3.12. The Morgan fingerprint density at radius 2 is 1.75 bits per heavy atom. The van der Waals surface area contributed by atoms with Crippen molar-refractivity contribution < 1.29 is 23.9 Å². The molecule has 2 aromatic rings. The van der Waals surface area contributed by atoms with Crippen molar-refractivity contribution >= 4 is 63.7 Å². The average Bonchev–Trinajstić information content (AvgIpc) is 3.14. The minimum Gasteiger partial charge on any atom is -0.493 e. The van der Waals surface area contributed by atoms with Crippen LogP contribution in [0.3, 0.4) is 0 Å². The number of carbonyl (C=O) groups excluding carboxylic acids is 3. The highest BCUT2D eigenvalue weighted by Gasteiger charge is 2.31. The number of amides is 3. The molecule has 3 rings (SSSR count). The number of nitrogens with one attached hydrogen (secondary N) is 2. The summed E-state index contributed by atoms with van der Waals surface area (Å²) in [5.74, 6) is 0.342. The van der Waals surface area contributed by atoms with Crippen LogP contribution in [0.25, 0.3) is 6.08 Å². The highest BCUT2D eigenvalue weighted by Crippen LogP contribution is 2.34. The summed E-state index contributed by atoms with van der Waals surface area (Å²) in [5, 5.41) is 0.524. The SMILES string of the molecule is COc1ccc(/C=C2\SC(=S)N(CCCCCC(=O)NNC(=O)c3ccc(Cl)cc3)C2=O)cc1OC. The second kappa shape index (κ2) is 13.3. The smallest absolute Gasteiger partial charge is 0.269 e. The summed E-state index contributed by atoms with van der Waals surface area (Å²) in [6.45, 7) is 0.475. The number of thioether (sulfide) groups is 1. The molecule has 3 amide bonds. The first-order valence-electron chi connectivity index (χ1n) is 11.1. The van der Waals surface area contributed by atoms with E-state index in [4.69, 9.17) is 33.3 Å². The number of nitrogens with zero attached hydrogens (tertiary/aromatic N) is 1. The van der Waals surface area contributed by atoms with Crippen LogP contribution >= 0.6 is 35.6 Å². The van der Waals surface area contributed by atoms with Gasteiger partial charge in [0.05, 0.1) is 19.1 Å². The Hall–Kier alpha value is -3.08. The molecule has 2 aromatic carbocycles. The standard InChI is InChI=1S/C25H26ClN3O5S2/c1-33-19-12-7-16(14-20(19)34-2)15-21-24(32)29(25(35)36-21)13-5-3-4-6-22(30)27-28-23(31)17-8-10-18(26)11-9-17/h7-12,14-15H,3-6,13H2,1-2H3,(H,27,30)(H,28,31)/b21-15-. The molecule has 0 bridgehead atoms. The number of unbranched alkanes of at least 4 members (excludes halogenated alkanes) is 2. The van der Waals surface area contributed by atoms with E-state index in [-0.39, 0.29) is 18.2 Å². The zero-order chi connectivity index (χ0) is 26.1. The first-order chi connectivity index (χ1) is 17.3. The molecule has 2 N–H and O–H groups in total. The molecule has 0 radical (unpaired) electrons. The zero-order valence-electron chi connectivity index (χ0n) is 19.8. The van der Waals surface area contributed by atoms with E-state index in [9.17, 15) is 14.4 Å². The number of rotatable bonds is 10. The van der Waals surface area contributed by atoms with Gasteiger partial charge in [0, 0.05) is 23.6 Å². The van der Waals surface area contributed by atoms with Crippen molar-refractivity contribution in [2.24, 2.45) is 0 Å². The Morgan fingerprint density at radius 1 is 1.03 bits per heavy atom. The van der Waals surface area contributed by atoms with Gasteiger partial charge in [-0.3, -0.25) is 30.1 Å². The molecule has 1 saturated heterocycles. The number of methoxy groups -OCH3 is 2. The van der Waals surface area contributed by atoms with E-state index >= 15 is 0 Å². The highest BCUT2D eigenvalue weighted by molar-refractivity contribution is 8.26. The van der Waals surface area contributed by atoms with Gasteiger partial charge in [0.15, 0.2) is 11.5 Å². The number of hydrogen-bond donors (Lipinski definition) is 2. The molecular formula is C25H26ClN3O5S2. The normalized spacial score (nSPS) is 14.2. The molecule has 0 saturated carbocycles. The summed E-state index contributed by atoms with van der Waals surface area (Å²) >= 11 is 12.5. The maximum atomic E-state index is 12.8. The molecule has 0 aliphatic carbocycles. The number of ether oxygens (including phenoxy) is 2. The Morgan fingerprint density at radius 3 is 2.44 bits per heavy atom. The molecule has 1 fully saturated rings. The summed E-state index contributed by atoms with van der Waals surface area (Å²) in [6, 6.07) is 11.8. The van der Waals surface area contributed by atoms with Gasteiger partial charge in [-0.2, -0.15) is 0 Å². The van der Waals surface area contributed by atoms with Crippen molar-refractivity contribution in [1.82, 2.24) is 15.8 Å². The van der Waals surface area contributed by atoms with Crippen LogP contribution in [0.4, 0.5) is 0 Å². The molecule has 1 aliphatic rings. The lowest BCUT2D eigenvalue weighted by molar-refractivity contribution is -0.123. The lowest BCUT2D eigenvalue weighted by Crippen LogP contribution is -2.41. The van der Waals surface area contributed by atoms with Gasteiger partial charge in [-0.25, -0.2) is 0 Å². The number of hydrazine groups is 1. The van der Waals surface area contributed by atoms with E-state index in [1.165, 1.54) is 11.8 Å². The van der Waals surface area contributed by atoms with E-state index in [0.717, 1.165) is 12.0 Å². The van der Waals surface area contributed by atoms with E-state index < -0.39 is 5.91 Å². The molecular weight excluding hydrogens is 522 g/mol.